The molecule has 0 aliphatic heterocycles. The molecule has 1 unspecified atom stereocenters. The first-order chi connectivity index (χ1) is 12.0. The van der Waals surface area contributed by atoms with E-state index in [1.54, 1.807) is 36.4 Å². The molecule has 2 aromatic rings. The zero-order chi connectivity index (χ0) is 18.2. The number of benzene rings is 2. The minimum absolute atomic E-state index is 0.152. The highest BCUT2D eigenvalue weighted by atomic mass is 19.1. The highest BCUT2D eigenvalue weighted by molar-refractivity contribution is 5.91. The van der Waals surface area contributed by atoms with Crippen LogP contribution in [0, 0.1) is 17.1 Å². The lowest BCUT2D eigenvalue weighted by atomic mass is 10.2. The van der Waals surface area contributed by atoms with Crippen molar-refractivity contribution in [1.82, 2.24) is 0 Å². The molecule has 0 spiro atoms. The Kier molecular flexibility index (Phi) is 6.49. The van der Waals surface area contributed by atoms with Gasteiger partial charge in [0.1, 0.15) is 6.54 Å². The number of amides is 1. The molecule has 2 N–H and O–H groups in total. The molecule has 5 nitrogen and oxygen atoms in total. The van der Waals surface area contributed by atoms with E-state index in [0.29, 0.717) is 17.8 Å². The van der Waals surface area contributed by atoms with E-state index in [9.17, 15) is 9.18 Å². The molecule has 0 saturated heterocycles. The zero-order valence-corrected chi connectivity index (χ0v) is 14.3. The number of anilines is 1. The van der Waals surface area contributed by atoms with Crippen LogP contribution in [-0.4, -0.2) is 26.1 Å². The third kappa shape index (κ3) is 5.30. The van der Waals surface area contributed by atoms with Gasteiger partial charge >= 0.3 is 0 Å². The predicted molar refractivity (Wildman–Crippen MR) is 92.8 cm³/mol. The van der Waals surface area contributed by atoms with Gasteiger partial charge in [-0.2, -0.15) is 5.26 Å². The maximum absolute atomic E-state index is 13.8. The Morgan fingerprint density at radius 3 is 2.76 bits per heavy atom. The van der Waals surface area contributed by atoms with Crippen molar-refractivity contribution in [1.29, 1.82) is 5.26 Å². The topological polar surface area (TPSA) is 66.6 Å². The lowest BCUT2D eigenvalue weighted by Gasteiger charge is -2.17. The van der Waals surface area contributed by atoms with Gasteiger partial charge in [-0.25, -0.2) is 4.39 Å². The summed E-state index contributed by atoms with van der Waals surface area (Å²) in [6, 6.07) is 13.6. The van der Waals surface area contributed by atoms with Gasteiger partial charge in [-0.3, -0.25) is 4.79 Å². The number of methoxy groups -OCH3 is 1. The van der Waals surface area contributed by atoms with E-state index in [0.717, 1.165) is 17.0 Å². The molecule has 0 fully saturated rings. The van der Waals surface area contributed by atoms with Gasteiger partial charge in [0.2, 0.25) is 0 Å². The van der Waals surface area contributed by atoms with Crippen molar-refractivity contribution >= 4 is 11.6 Å². The van der Waals surface area contributed by atoms with Crippen LogP contribution in [0.5, 0.6) is 5.75 Å². The maximum Gasteiger partial charge on any atom is 0.279 e. The standard InChI is InChI=1S/C19H20FN3O2/c1-3-23(12-15-7-8-18(25-2)17(20)10-15)13-19(24)22-16-6-4-5-14(9-16)11-21/h4-10H,3,12-13H2,1-2H3,(H,22,24)/p+1. The van der Waals surface area contributed by atoms with Crippen molar-refractivity contribution in [3.8, 4) is 11.8 Å². The molecule has 0 aliphatic carbocycles. The number of nitriles is 1. The Bertz CT molecular complexity index is 786. The van der Waals surface area contributed by atoms with E-state index in [-0.39, 0.29) is 18.2 Å². The molecule has 1 atom stereocenters. The summed E-state index contributed by atoms with van der Waals surface area (Å²) in [6.07, 6.45) is 0. The fraction of sp³-hybridized carbons (Fsp3) is 0.263. The van der Waals surface area contributed by atoms with Gasteiger partial charge in [-0.05, 0) is 43.3 Å². The number of likely N-dealkylation sites (N-methyl/N-ethyl adjacent to an activating group) is 1. The second-order valence-corrected chi connectivity index (χ2v) is 5.67. The molecule has 25 heavy (non-hydrogen) atoms. The number of carbonyl (C=O) groups is 1. The highest BCUT2D eigenvalue weighted by Crippen LogP contribution is 2.17. The number of carbonyl (C=O) groups excluding carboxylic acids is 1. The molecule has 0 bridgehead atoms. The van der Waals surface area contributed by atoms with Crippen molar-refractivity contribution in [3.63, 3.8) is 0 Å². The van der Waals surface area contributed by atoms with Gasteiger partial charge in [0.15, 0.2) is 18.1 Å². The average Bonchev–Trinajstić information content (AvgIpc) is 2.61. The summed E-state index contributed by atoms with van der Waals surface area (Å²) < 4.78 is 18.7. The van der Waals surface area contributed by atoms with Crippen LogP contribution in [0.2, 0.25) is 0 Å². The van der Waals surface area contributed by atoms with Crippen LogP contribution in [-0.2, 0) is 11.3 Å². The van der Waals surface area contributed by atoms with Crippen molar-refractivity contribution in [2.75, 3.05) is 25.5 Å². The fourth-order valence-electron chi connectivity index (χ4n) is 2.52. The van der Waals surface area contributed by atoms with E-state index in [1.165, 1.54) is 13.2 Å². The summed E-state index contributed by atoms with van der Waals surface area (Å²) in [5.74, 6) is -0.355. The molecule has 0 aliphatic rings. The van der Waals surface area contributed by atoms with Crippen LogP contribution in [0.15, 0.2) is 42.5 Å². The maximum atomic E-state index is 13.8. The fourth-order valence-corrected chi connectivity index (χ4v) is 2.52. The molecule has 0 saturated carbocycles. The summed E-state index contributed by atoms with van der Waals surface area (Å²) in [5, 5.41) is 11.7. The van der Waals surface area contributed by atoms with Crippen LogP contribution in [0.25, 0.3) is 0 Å². The Labute approximate surface area is 146 Å². The number of hydrogen-bond acceptors (Lipinski definition) is 3. The first-order valence-corrected chi connectivity index (χ1v) is 8.01. The molecule has 0 radical (unpaired) electrons. The largest absolute Gasteiger partial charge is 0.494 e. The molecule has 2 aromatic carbocycles. The van der Waals surface area contributed by atoms with E-state index < -0.39 is 5.82 Å². The van der Waals surface area contributed by atoms with Gasteiger partial charge in [-0.15, -0.1) is 0 Å². The molecular weight excluding hydrogens is 321 g/mol. The molecule has 130 valence electrons. The van der Waals surface area contributed by atoms with Gasteiger partial charge < -0.3 is 15.0 Å². The third-order valence-electron chi connectivity index (χ3n) is 3.86. The Balaban J connectivity index is 1.97. The Morgan fingerprint density at radius 2 is 2.12 bits per heavy atom. The first kappa shape index (κ1) is 18.4. The monoisotopic (exact) mass is 342 g/mol. The normalized spacial score (nSPS) is 11.4. The van der Waals surface area contributed by atoms with Crippen LogP contribution in [0.3, 0.4) is 0 Å². The molecule has 6 heteroatoms. The number of hydrogen-bond donors (Lipinski definition) is 2. The van der Waals surface area contributed by atoms with Crippen LogP contribution in [0.1, 0.15) is 18.1 Å². The van der Waals surface area contributed by atoms with Crippen molar-refractivity contribution < 1.29 is 18.8 Å². The van der Waals surface area contributed by atoms with Gasteiger partial charge in [0.25, 0.3) is 5.91 Å². The summed E-state index contributed by atoms with van der Waals surface area (Å²) in [6.45, 7) is 3.47. The number of quaternary nitrogens is 1. The van der Waals surface area contributed by atoms with Gasteiger partial charge in [-0.1, -0.05) is 6.07 Å². The predicted octanol–water partition coefficient (Wildman–Crippen LogP) is 1.75. The summed E-state index contributed by atoms with van der Waals surface area (Å²) in [7, 11) is 1.42. The number of nitrogens with zero attached hydrogens (tertiary/aromatic N) is 1. The van der Waals surface area contributed by atoms with Crippen LogP contribution in [0.4, 0.5) is 10.1 Å². The second-order valence-electron chi connectivity index (χ2n) is 5.67. The Hall–Kier alpha value is -2.91. The van der Waals surface area contributed by atoms with Crippen molar-refractivity contribution in [3.05, 3.63) is 59.4 Å². The summed E-state index contributed by atoms with van der Waals surface area (Å²) in [5.41, 5.74) is 1.88. The number of ether oxygens (including phenoxy) is 1. The molecular formula is C19H21FN3O2+. The van der Waals surface area contributed by atoms with Crippen molar-refractivity contribution in [2.24, 2.45) is 0 Å². The van der Waals surface area contributed by atoms with E-state index in [2.05, 4.69) is 5.32 Å². The SMILES string of the molecule is CC[NH+](CC(=O)Nc1cccc(C#N)c1)Cc1ccc(OC)c(F)c1. The minimum Gasteiger partial charge on any atom is -0.494 e. The average molecular weight is 342 g/mol. The summed E-state index contributed by atoms with van der Waals surface area (Å²) >= 11 is 0. The molecule has 2 rings (SSSR count). The number of rotatable bonds is 7. The minimum atomic E-state index is -0.409. The second kappa shape index (κ2) is 8.81. The molecule has 0 aromatic heterocycles. The van der Waals surface area contributed by atoms with E-state index in [4.69, 9.17) is 10.00 Å². The molecule has 1 amide bonds. The quantitative estimate of drug-likeness (QED) is 0.806. The van der Waals surface area contributed by atoms with Crippen LogP contribution < -0.4 is 15.0 Å². The lowest BCUT2D eigenvalue weighted by Crippen LogP contribution is -3.11. The van der Waals surface area contributed by atoms with E-state index >= 15 is 0 Å². The summed E-state index contributed by atoms with van der Waals surface area (Å²) in [4.78, 5) is 13.2. The lowest BCUT2D eigenvalue weighted by molar-refractivity contribution is -0.903. The number of halogens is 1. The number of nitrogens with one attached hydrogen (secondary N) is 2. The van der Waals surface area contributed by atoms with Crippen LogP contribution >= 0.6 is 0 Å². The highest BCUT2D eigenvalue weighted by Gasteiger charge is 2.15. The van der Waals surface area contributed by atoms with Crippen molar-refractivity contribution in [2.45, 2.75) is 13.5 Å². The van der Waals surface area contributed by atoms with E-state index in [1.807, 2.05) is 13.0 Å². The zero-order valence-electron chi connectivity index (χ0n) is 14.3. The smallest absolute Gasteiger partial charge is 0.279 e. The first-order valence-electron chi connectivity index (χ1n) is 8.01. The van der Waals surface area contributed by atoms with Gasteiger partial charge in [0, 0.05) is 11.3 Å². The third-order valence-corrected chi connectivity index (χ3v) is 3.86. The Morgan fingerprint density at radius 1 is 1.32 bits per heavy atom. The molecule has 0 heterocycles. The van der Waals surface area contributed by atoms with Gasteiger partial charge in [0.05, 0.1) is 25.3 Å².